The van der Waals surface area contributed by atoms with Crippen LogP contribution in [0.2, 0.25) is 0 Å². The summed E-state index contributed by atoms with van der Waals surface area (Å²) in [6, 6.07) is -1.22. The Labute approximate surface area is 228 Å². The number of nitrogens with zero attached hydrogens (tertiary/aromatic N) is 2. The Bertz CT molecular complexity index is 1390. The Morgan fingerprint density at radius 1 is 1.41 bits per heavy atom. The Morgan fingerprint density at radius 3 is 2.85 bits per heavy atom. The number of pyridine rings is 1. The van der Waals surface area contributed by atoms with E-state index in [0.29, 0.717) is 4.57 Å². The molecule has 0 atom stereocenters. The zero-order chi connectivity index (χ0) is 32.6. The van der Waals surface area contributed by atoms with Crippen LogP contribution in [-0.2, 0) is 0 Å². The number of carbonyl (C=O) groups excluding carboxylic acids is 1. The van der Waals surface area contributed by atoms with E-state index in [9.17, 15) is 14.7 Å². The predicted octanol–water partition coefficient (Wildman–Crippen LogP) is -0.673. The van der Waals surface area contributed by atoms with Gasteiger partial charge in [-0.3, -0.25) is 14.2 Å². The van der Waals surface area contributed by atoms with Crippen molar-refractivity contribution in [2.75, 3.05) is 26.1 Å². The first-order chi connectivity index (χ1) is 18.7. The SMILES string of the molecule is [2H]C([2H])([2H])C(n1c(=O)c(C(=O)NCCCN2C([2H])([2H])C([2H])([2H])C([2H])([2H])C([2H])([2H])C2([2H])[2H])c([O-])c2ccsc21)C([2H])([2H])[2H].[K+]. The molecule has 6 nitrogen and oxygen atoms in total. The predicted molar refractivity (Wildman–Crippen MR) is 103 cm³/mol. The van der Waals surface area contributed by atoms with Crippen molar-refractivity contribution in [3.63, 3.8) is 0 Å². The molecule has 2 aromatic rings. The second-order valence-electron chi connectivity index (χ2n) is 5.28. The van der Waals surface area contributed by atoms with E-state index in [0.717, 1.165) is 11.3 Å². The molecule has 2 aromatic heterocycles. The molecule has 0 spiro atoms. The maximum atomic E-state index is 13.3. The monoisotopic (exact) mass is 431 g/mol. The summed E-state index contributed by atoms with van der Waals surface area (Å²) in [7, 11) is 0. The van der Waals surface area contributed by atoms with Gasteiger partial charge in [0.2, 0.25) is 0 Å². The van der Waals surface area contributed by atoms with Gasteiger partial charge in [-0.1, -0.05) is 12.1 Å². The van der Waals surface area contributed by atoms with Gasteiger partial charge in [0.25, 0.3) is 11.5 Å². The van der Waals surface area contributed by atoms with Crippen molar-refractivity contribution in [1.29, 1.82) is 0 Å². The molecular formula is C19H26KN3O3S. The average Bonchev–Trinajstić information content (AvgIpc) is 3.28. The molecule has 1 aliphatic heterocycles. The molecule has 1 N–H and O–H groups in total. The molecule has 27 heavy (non-hydrogen) atoms. The molecule has 0 unspecified atom stereocenters. The largest absolute Gasteiger partial charge is 1.00 e. The third kappa shape index (κ3) is 5.23. The number of hydrogen-bond donors (Lipinski definition) is 1. The molecule has 0 saturated carbocycles. The van der Waals surface area contributed by atoms with Crippen LogP contribution in [-0.4, -0.2) is 41.5 Å². The summed E-state index contributed by atoms with van der Waals surface area (Å²) in [6.07, 6.45) is -11.1. The number of likely N-dealkylation sites (tertiary alicyclic amines) is 1. The molecule has 0 aliphatic carbocycles. The van der Waals surface area contributed by atoms with Gasteiger partial charge >= 0.3 is 51.4 Å². The fourth-order valence-electron chi connectivity index (χ4n) is 2.43. The fourth-order valence-corrected chi connectivity index (χ4v) is 3.35. The number of nitrogens with one attached hydrogen (secondary N) is 1. The van der Waals surface area contributed by atoms with Crippen molar-refractivity contribution in [2.45, 2.75) is 45.3 Å². The second kappa shape index (κ2) is 10.5. The van der Waals surface area contributed by atoms with Gasteiger partial charge in [0.1, 0.15) is 4.83 Å². The van der Waals surface area contributed by atoms with Gasteiger partial charge in [-0.05, 0) is 63.9 Å². The fraction of sp³-hybridized carbons (Fsp3) is 0.579. The Balaban J connectivity index is 0.00000645. The van der Waals surface area contributed by atoms with E-state index >= 15 is 0 Å². The van der Waals surface area contributed by atoms with Crippen LogP contribution in [0.4, 0.5) is 0 Å². The van der Waals surface area contributed by atoms with Crippen LogP contribution >= 0.6 is 11.3 Å². The summed E-state index contributed by atoms with van der Waals surface area (Å²) < 4.78 is 127. The minimum absolute atomic E-state index is 0. The quantitative estimate of drug-likeness (QED) is 0.486. The summed E-state index contributed by atoms with van der Waals surface area (Å²) in [5.41, 5.74) is -2.57. The zero-order valence-electron chi connectivity index (χ0n) is 30.4. The van der Waals surface area contributed by atoms with E-state index in [-0.39, 0.29) is 66.5 Å². The summed E-state index contributed by atoms with van der Waals surface area (Å²) in [5, 5.41) is 16.2. The van der Waals surface area contributed by atoms with Crippen molar-refractivity contribution in [1.82, 2.24) is 14.8 Å². The first-order valence-electron chi connectivity index (χ1n) is 15.6. The van der Waals surface area contributed by atoms with Crippen molar-refractivity contribution in [3.05, 3.63) is 27.4 Å². The van der Waals surface area contributed by atoms with E-state index in [1.54, 1.807) is 0 Å². The molecule has 0 bridgehead atoms. The van der Waals surface area contributed by atoms with Gasteiger partial charge in [-0.25, -0.2) is 0 Å². The zero-order valence-corrected chi connectivity index (χ0v) is 18.3. The minimum Gasteiger partial charge on any atom is -0.871 e. The maximum absolute atomic E-state index is 13.3. The van der Waals surface area contributed by atoms with Crippen LogP contribution < -0.4 is 67.4 Å². The van der Waals surface area contributed by atoms with E-state index < -0.39 is 94.1 Å². The molecule has 142 valence electrons. The molecule has 1 fully saturated rings. The van der Waals surface area contributed by atoms with E-state index in [4.69, 9.17) is 21.9 Å². The van der Waals surface area contributed by atoms with Gasteiger partial charge in [-0.15, -0.1) is 11.3 Å². The summed E-state index contributed by atoms with van der Waals surface area (Å²) in [6.45, 7) is -14.5. The van der Waals surface area contributed by atoms with Gasteiger partial charge in [0.15, 0.2) is 0 Å². The number of aromatic nitrogens is 1. The molecule has 1 aliphatic rings. The number of hydrogen-bond acceptors (Lipinski definition) is 5. The summed E-state index contributed by atoms with van der Waals surface area (Å²) >= 11 is 0.726. The number of rotatable bonds is 6. The minimum atomic E-state index is -3.59. The third-order valence-corrected chi connectivity index (χ3v) is 4.52. The molecule has 3 rings (SSSR count). The molecule has 1 amide bonds. The van der Waals surface area contributed by atoms with Crippen LogP contribution in [0.5, 0.6) is 5.75 Å². The van der Waals surface area contributed by atoms with Crippen molar-refractivity contribution in [3.8, 4) is 5.75 Å². The third-order valence-electron chi connectivity index (χ3n) is 3.60. The van der Waals surface area contributed by atoms with E-state index in [2.05, 4.69) is 5.32 Å². The van der Waals surface area contributed by atoms with Gasteiger partial charge in [-0.2, -0.15) is 0 Å². The second-order valence-corrected chi connectivity index (χ2v) is 6.18. The number of thiophene rings is 1. The Kier molecular flexibility index (Phi) is 3.62. The van der Waals surface area contributed by atoms with Crippen molar-refractivity contribution >= 4 is 27.5 Å². The first-order valence-corrected chi connectivity index (χ1v) is 8.45. The van der Waals surface area contributed by atoms with Gasteiger partial charge < -0.3 is 15.3 Å². The molecule has 3 heterocycles. The smallest absolute Gasteiger partial charge is 0.871 e. The van der Waals surface area contributed by atoms with Crippen LogP contribution in [0.15, 0.2) is 16.2 Å². The topological polar surface area (TPSA) is 77.4 Å². The molecule has 8 heteroatoms. The van der Waals surface area contributed by atoms with E-state index in [1.807, 2.05) is 0 Å². The van der Waals surface area contributed by atoms with Gasteiger partial charge in [0.05, 0.1) is 5.56 Å². The maximum Gasteiger partial charge on any atom is 1.00 e. The summed E-state index contributed by atoms with van der Waals surface area (Å²) in [5.74, 6) is -2.44. The first kappa shape index (κ1) is 9.28. The van der Waals surface area contributed by atoms with Gasteiger partial charge in [0, 0.05) is 39.9 Å². The van der Waals surface area contributed by atoms with Crippen LogP contribution in [0.1, 0.15) is 77.6 Å². The van der Waals surface area contributed by atoms with Crippen LogP contribution in [0.3, 0.4) is 0 Å². The number of piperidine rings is 1. The molecule has 0 radical (unpaired) electrons. The molecular weight excluding hydrogens is 389 g/mol. The standard InChI is InChI=1S/C19H27N3O3S.K/c1-13(2)22-18(25)15(16(23)14-7-12-26-19(14)22)17(24)20-8-6-11-21-9-4-3-5-10-21;/h7,12-13,23H,3-6,8-11H2,1-2H3,(H,20,24);/q;+1/p-1/i1D3,2D3,3D2,4D2,5D2,9D2,10D2;. The normalized spacial score (nSPS) is 34.1. The average molecular weight is 432 g/mol. The Morgan fingerprint density at radius 2 is 2.15 bits per heavy atom. The van der Waals surface area contributed by atoms with Crippen molar-refractivity contribution in [2.24, 2.45) is 0 Å². The van der Waals surface area contributed by atoms with E-state index in [1.165, 1.54) is 11.4 Å². The molecule has 0 aromatic carbocycles. The van der Waals surface area contributed by atoms with Crippen molar-refractivity contribution < 1.29 is 83.2 Å². The number of carbonyl (C=O) groups is 1. The van der Waals surface area contributed by atoms with Crippen LogP contribution in [0.25, 0.3) is 10.2 Å². The Hall–Kier alpha value is -0.224. The number of fused-ring (bicyclic) bond motifs is 1. The van der Waals surface area contributed by atoms with Crippen LogP contribution in [0, 0.1) is 0 Å². The number of amides is 1. The molecule has 1 saturated heterocycles. The summed E-state index contributed by atoms with van der Waals surface area (Å²) in [4.78, 5) is 26.2.